The molecule has 0 amide bonds. The molecule has 0 aromatic heterocycles. The molecule has 2 rings (SSSR count). The summed E-state index contributed by atoms with van der Waals surface area (Å²) in [7, 11) is -3.36. The average Bonchev–Trinajstić information content (AvgIpc) is 2.90. The van der Waals surface area contributed by atoms with E-state index in [1.54, 1.807) is 0 Å². The Bertz CT molecular complexity index is 566. The van der Waals surface area contributed by atoms with Crippen molar-refractivity contribution in [2.75, 3.05) is 12.4 Å². The number of hydrogen-bond donors (Lipinski definition) is 1. The Balaban J connectivity index is 1.84. The molecular weight excluding hydrogens is 298 g/mol. The molecule has 2 N–H and O–H groups in total. The minimum Gasteiger partial charge on any atom is -0.493 e. The summed E-state index contributed by atoms with van der Waals surface area (Å²) in [5, 5.41) is 5.10. The molecule has 1 aliphatic rings. The van der Waals surface area contributed by atoms with Crippen molar-refractivity contribution >= 4 is 10.0 Å². The van der Waals surface area contributed by atoms with Crippen LogP contribution in [-0.4, -0.2) is 20.8 Å². The summed E-state index contributed by atoms with van der Waals surface area (Å²) in [6.45, 7) is 5.01. The van der Waals surface area contributed by atoms with Crippen molar-refractivity contribution in [2.24, 2.45) is 17.0 Å². The van der Waals surface area contributed by atoms with Gasteiger partial charge < -0.3 is 4.74 Å². The molecule has 2 unspecified atom stereocenters. The van der Waals surface area contributed by atoms with Crippen LogP contribution in [0.5, 0.6) is 5.75 Å². The van der Waals surface area contributed by atoms with Crippen LogP contribution in [0.1, 0.15) is 51.0 Å². The second-order valence-corrected chi connectivity index (χ2v) is 8.38. The summed E-state index contributed by atoms with van der Waals surface area (Å²) >= 11 is 0. The van der Waals surface area contributed by atoms with Crippen LogP contribution >= 0.6 is 0 Å². The van der Waals surface area contributed by atoms with Crippen LogP contribution in [0, 0.1) is 11.8 Å². The quantitative estimate of drug-likeness (QED) is 0.836. The summed E-state index contributed by atoms with van der Waals surface area (Å²) in [6, 6.07) is 8.24. The van der Waals surface area contributed by atoms with Gasteiger partial charge in [0.2, 0.25) is 10.0 Å². The van der Waals surface area contributed by atoms with Crippen LogP contribution in [0.3, 0.4) is 0 Å². The zero-order chi connectivity index (χ0) is 16.2. The Morgan fingerprint density at radius 3 is 2.41 bits per heavy atom. The van der Waals surface area contributed by atoms with Gasteiger partial charge in [-0.05, 0) is 48.3 Å². The molecule has 0 aliphatic heterocycles. The van der Waals surface area contributed by atoms with Crippen LogP contribution in [0.25, 0.3) is 0 Å². The number of benzene rings is 1. The first-order valence-corrected chi connectivity index (χ1v) is 9.80. The molecule has 1 aromatic rings. The summed E-state index contributed by atoms with van der Waals surface area (Å²) in [5.41, 5.74) is 1.30. The van der Waals surface area contributed by atoms with Gasteiger partial charge in [-0.2, -0.15) is 0 Å². The maximum Gasteiger partial charge on any atom is 0.209 e. The number of rotatable bonds is 7. The lowest BCUT2D eigenvalue weighted by atomic mass is 9.94. The van der Waals surface area contributed by atoms with Crippen molar-refractivity contribution in [2.45, 2.75) is 45.4 Å². The highest BCUT2D eigenvalue weighted by Crippen LogP contribution is 2.34. The zero-order valence-corrected chi connectivity index (χ0v) is 14.3. The van der Waals surface area contributed by atoms with E-state index in [4.69, 9.17) is 9.88 Å². The number of primary sulfonamides is 1. The Labute approximate surface area is 134 Å². The largest absolute Gasteiger partial charge is 0.493 e. The molecule has 0 saturated heterocycles. The van der Waals surface area contributed by atoms with Gasteiger partial charge in [0, 0.05) is 0 Å². The fourth-order valence-corrected chi connectivity index (χ4v) is 3.81. The van der Waals surface area contributed by atoms with E-state index < -0.39 is 10.0 Å². The lowest BCUT2D eigenvalue weighted by molar-refractivity contribution is 0.212. The second kappa shape index (κ2) is 7.47. The van der Waals surface area contributed by atoms with Gasteiger partial charge in [0.25, 0.3) is 0 Å². The lowest BCUT2D eigenvalue weighted by Gasteiger charge is -2.20. The predicted molar refractivity (Wildman–Crippen MR) is 89.4 cm³/mol. The molecule has 4 nitrogen and oxygen atoms in total. The third kappa shape index (κ3) is 5.29. The summed E-state index contributed by atoms with van der Waals surface area (Å²) < 4.78 is 28.1. The third-order valence-electron chi connectivity index (χ3n) is 4.60. The predicted octanol–water partition coefficient (Wildman–Crippen LogP) is 3.28. The molecule has 1 fully saturated rings. The van der Waals surface area contributed by atoms with E-state index in [9.17, 15) is 8.42 Å². The number of sulfonamides is 1. The Morgan fingerprint density at radius 1 is 1.18 bits per heavy atom. The maximum absolute atomic E-state index is 11.1. The maximum atomic E-state index is 11.1. The van der Waals surface area contributed by atoms with E-state index in [1.807, 2.05) is 12.1 Å². The Hall–Kier alpha value is -1.07. The first-order chi connectivity index (χ1) is 10.3. The normalized spacial score (nSPS) is 22.2. The van der Waals surface area contributed by atoms with Crippen LogP contribution in [0.4, 0.5) is 0 Å². The van der Waals surface area contributed by atoms with Gasteiger partial charge in [-0.15, -0.1) is 0 Å². The molecule has 0 bridgehead atoms. The third-order valence-corrected chi connectivity index (χ3v) is 5.41. The van der Waals surface area contributed by atoms with Gasteiger partial charge in [-0.1, -0.05) is 38.8 Å². The highest BCUT2D eigenvalue weighted by atomic mass is 32.2. The summed E-state index contributed by atoms with van der Waals surface area (Å²) in [4.78, 5) is 0. The molecule has 1 aliphatic carbocycles. The van der Waals surface area contributed by atoms with E-state index in [-0.39, 0.29) is 5.75 Å². The van der Waals surface area contributed by atoms with E-state index >= 15 is 0 Å². The van der Waals surface area contributed by atoms with Crippen molar-refractivity contribution < 1.29 is 13.2 Å². The molecule has 0 heterocycles. The fraction of sp³-hybridized carbons (Fsp3) is 0.647. The molecular formula is C17H27NO3S. The molecule has 0 spiro atoms. The van der Waals surface area contributed by atoms with Crippen molar-refractivity contribution in [3.63, 3.8) is 0 Å². The SMILES string of the molecule is CC(C)c1ccc(OCC2CCCC2CCS(N)(=O)=O)cc1. The Kier molecular flexibility index (Phi) is 5.87. The molecule has 22 heavy (non-hydrogen) atoms. The van der Waals surface area contributed by atoms with Crippen LogP contribution in [0.2, 0.25) is 0 Å². The van der Waals surface area contributed by atoms with Gasteiger partial charge in [-0.3, -0.25) is 0 Å². The van der Waals surface area contributed by atoms with E-state index in [0.717, 1.165) is 25.0 Å². The summed E-state index contributed by atoms with van der Waals surface area (Å²) in [5.74, 6) is 2.34. The standard InChI is InChI=1S/C17H27NO3S/c1-13(2)14-6-8-17(9-7-14)21-12-16-5-3-4-15(16)10-11-22(18,19)20/h6-9,13,15-16H,3-5,10-12H2,1-2H3,(H2,18,19,20). The Morgan fingerprint density at radius 2 is 1.82 bits per heavy atom. The molecule has 1 aromatic carbocycles. The van der Waals surface area contributed by atoms with Gasteiger partial charge in [0.15, 0.2) is 0 Å². The van der Waals surface area contributed by atoms with Crippen LogP contribution < -0.4 is 9.88 Å². The van der Waals surface area contributed by atoms with E-state index in [2.05, 4.69) is 26.0 Å². The zero-order valence-electron chi connectivity index (χ0n) is 13.5. The monoisotopic (exact) mass is 325 g/mol. The van der Waals surface area contributed by atoms with Crippen molar-refractivity contribution in [1.29, 1.82) is 0 Å². The first kappa shape index (κ1) is 17.3. The average molecular weight is 325 g/mol. The minimum absolute atomic E-state index is 0.0806. The van der Waals surface area contributed by atoms with Crippen molar-refractivity contribution in [3.05, 3.63) is 29.8 Å². The smallest absolute Gasteiger partial charge is 0.209 e. The van der Waals surface area contributed by atoms with Gasteiger partial charge in [-0.25, -0.2) is 13.6 Å². The van der Waals surface area contributed by atoms with Gasteiger partial charge >= 0.3 is 0 Å². The molecule has 2 atom stereocenters. The number of ether oxygens (including phenoxy) is 1. The molecule has 124 valence electrons. The van der Waals surface area contributed by atoms with E-state index in [0.29, 0.717) is 30.8 Å². The van der Waals surface area contributed by atoms with E-state index in [1.165, 1.54) is 5.56 Å². The molecule has 5 heteroatoms. The van der Waals surface area contributed by atoms with Crippen LogP contribution in [-0.2, 0) is 10.0 Å². The minimum atomic E-state index is -3.36. The van der Waals surface area contributed by atoms with Gasteiger partial charge in [0.1, 0.15) is 5.75 Å². The number of nitrogens with two attached hydrogens (primary N) is 1. The molecule has 1 saturated carbocycles. The highest BCUT2D eigenvalue weighted by Gasteiger charge is 2.28. The molecule has 0 radical (unpaired) electrons. The van der Waals surface area contributed by atoms with Crippen molar-refractivity contribution in [1.82, 2.24) is 0 Å². The van der Waals surface area contributed by atoms with Crippen LogP contribution in [0.15, 0.2) is 24.3 Å². The topological polar surface area (TPSA) is 69.4 Å². The second-order valence-electron chi connectivity index (χ2n) is 6.64. The summed E-state index contributed by atoms with van der Waals surface area (Å²) in [6.07, 6.45) is 3.99. The lowest BCUT2D eigenvalue weighted by Crippen LogP contribution is -2.22. The highest BCUT2D eigenvalue weighted by molar-refractivity contribution is 7.89. The van der Waals surface area contributed by atoms with Gasteiger partial charge in [0.05, 0.1) is 12.4 Å². The van der Waals surface area contributed by atoms with Crippen molar-refractivity contribution in [3.8, 4) is 5.75 Å². The number of hydrogen-bond acceptors (Lipinski definition) is 3. The fourth-order valence-electron chi connectivity index (χ4n) is 3.18. The first-order valence-electron chi connectivity index (χ1n) is 8.08.